The molecule has 0 fully saturated rings. The van der Waals surface area contributed by atoms with E-state index in [2.05, 4.69) is 15.5 Å². The molecule has 0 unspecified atom stereocenters. The summed E-state index contributed by atoms with van der Waals surface area (Å²) in [5.74, 6) is -0.386. The van der Waals surface area contributed by atoms with Crippen LogP contribution in [0.2, 0.25) is 15.1 Å². The SMILES string of the molecule is Cc1c(Cl)c(C(=O)Nc2cnn(Cc3ccc(Cl)c(Cl)c3)c2)nn1C. The minimum Gasteiger partial charge on any atom is -0.318 e. The van der Waals surface area contributed by atoms with Crippen molar-refractivity contribution < 1.29 is 4.79 Å². The van der Waals surface area contributed by atoms with Gasteiger partial charge in [0.25, 0.3) is 5.91 Å². The van der Waals surface area contributed by atoms with Crippen LogP contribution in [0, 0.1) is 6.92 Å². The van der Waals surface area contributed by atoms with Crippen LogP contribution in [0.4, 0.5) is 5.69 Å². The maximum absolute atomic E-state index is 12.3. The molecule has 0 saturated carbocycles. The van der Waals surface area contributed by atoms with Crippen molar-refractivity contribution in [2.24, 2.45) is 7.05 Å². The molecular weight excluding hydrogens is 385 g/mol. The zero-order valence-corrected chi connectivity index (χ0v) is 15.7. The second-order valence-electron chi connectivity index (χ2n) is 5.50. The van der Waals surface area contributed by atoms with Crippen molar-refractivity contribution in [2.75, 3.05) is 5.32 Å². The Balaban J connectivity index is 1.71. The van der Waals surface area contributed by atoms with Crippen molar-refractivity contribution in [3.05, 3.63) is 62.6 Å². The summed E-state index contributed by atoms with van der Waals surface area (Å²) in [7, 11) is 1.73. The molecule has 0 aliphatic rings. The molecule has 0 radical (unpaired) electrons. The number of benzene rings is 1. The number of carbonyl (C=O) groups excluding carboxylic acids is 1. The molecule has 0 aliphatic carbocycles. The van der Waals surface area contributed by atoms with Crippen LogP contribution in [0.1, 0.15) is 21.7 Å². The molecule has 0 saturated heterocycles. The third-order valence-corrected chi connectivity index (χ3v) is 4.89. The van der Waals surface area contributed by atoms with Gasteiger partial charge in [-0.1, -0.05) is 40.9 Å². The van der Waals surface area contributed by atoms with E-state index in [0.29, 0.717) is 27.3 Å². The van der Waals surface area contributed by atoms with E-state index >= 15 is 0 Å². The highest BCUT2D eigenvalue weighted by atomic mass is 35.5. The summed E-state index contributed by atoms with van der Waals surface area (Å²) in [6, 6.07) is 5.38. The number of halogens is 3. The molecule has 1 aromatic carbocycles. The van der Waals surface area contributed by atoms with E-state index < -0.39 is 0 Å². The highest BCUT2D eigenvalue weighted by molar-refractivity contribution is 6.42. The van der Waals surface area contributed by atoms with Crippen LogP contribution in [-0.4, -0.2) is 25.5 Å². The first kappa shape index (κ1) is 17.8. The number of anilines is 1. The Kier molecular flexibility index (Phi) is 5.03. The number of nitrogens with zero attached hydrogens (tertiary/aromatic N) is 4. The molecule has 3 rings (SSSR count). The lowest BCUT2D eigenvalue weighted by Gasteiger charge is -2.03. The number of hydrogen-bond acceptors (Lipinski definition) is 3. The van der Waals surface area contributed by atoms with Gasteiger partial charge in [0.05, 0.1) is 39.2 Å². The van der Waals surface area contributed by atoms with E-state index in [9.17, 15) is 4.79 Å². The van der Waals surface area contributed by atoms with E-state index in [-0.39, 0.29) is 11.6 Å². The van der Waals surface area contributed by atoms with Gasteiger partial charge in [-0.25, -0.2) is 0 Å². The molecule has 130 valence electrons. The Morgan fingerprint density at radius 3 is 2.64 bits per heavy atom. The van der Waals surface area contributed by atoms with E-state index in [4.69, 9.17) is 34.8 Å². The van der Waals surface area contributed by atoms with Crippen molar-refractivity contribution in [1.29, 1.82) is 0 Å². The third kappa shape index (κ3) is 3.81. The van der Waals surface area contributed by atoms with Gasteiger partial charge in [-0.15, -0.1) is 0 Å². The average molecular weight is 399 g/mol. The van der Waals surface area contributed by atoms with Gasteiger partial charge >= 0.3 is 0 Å². The molecule has 0 bridgehead atoms. The molecule has 3 aromatic rings. The van der Waals surface area contributed by atoms with Crippen molar-refractivity contribution in [3.8, 4) is 0 Å². The average Bonchev–Trinajstić information content (AvgIpc) is 3.10. The number of nitrogens with one attached hydrogen (secondary N) is 1. The molecule has 2 aromatic heterocycles. The molecule has 1 N–H and O–H groups in total. The Labute approximate surface area is 159 Å². The minimum absolute atomic E-state index is 0.180. The van der Waals surface area contributed by atoms with Crippen LogP contribution < -0.4 is 5.32 Å². The van der Waals surface area contributed by atoms with Gasteiger partial charge in [0.1, 0.15) is 0 Å². The lowest BCUT2D eigenvalue weighted by molar-refractivity contribution is 0.102. The van der Waals surface area contributed by atoms with E-state index in [1.54, 1.807) is 47.9 Å². The van der Waals surface area contributed by atoms with Crippen LogP contribution in [0.15, 0.2) is 30.6 Å². The summed E-state index contributed by atoms with van der Waals surface area (Å²) in [6.45, 7) is 2.29. The van der Waals surface area contributed by atoms with Gasteiger partial charge < -0.3 is 5.32 Å². The van der Waals surface area contributed by atoms with Crippen LogP contribution in [-0.2, 0) is 13.6 Å². The lowest BCUT2D eigenvalue weighted by Crippen LogP contribution is -2.13. The Bertz CT molecular complexity index is 947. The van der Waals surface area contributed by atoms with Gasteiger partial charge in [-0.05, 0) is 24.6 Å². The smallest absolute Gasteiger partial charge is 0.277 e. The zero-order chi connectivity index (χ0) is 18.1. The summed E-state index contributed by atoms with van der Waals surface area (Å²) >= 11 is 18.0. The number of aromatic nitrogens is 4. The van der Waals surface area contributed by atoms with Crippen LogP contribution >= 0.6 is 34.8 Å². The van der Waals surface area contributed by atoms with Crippen molar-refractivity contribution in [3.63, 3.8) is 0 Å². The van der Waals surface area contributed by atoms with Gasteiger partial charge in [0, 0.05) is 13.2 Å². The largest absolute Gasteiger partial charge is 0.318 e. The maximum Gasteiger partial charge on any atom is 0.277 e. The molecule has 2 heterocycles. The van der Waals surface area contributed by atoms with Gasteiger partial charge in [0.2, 0.25) is 0 Å². The van der Waals surface area contributed by atoms with Gasteiger partial charge in [0.15, 0.2) is 5.69 Å². The first-order chi connectivity index (χ1) is 11.8. The van der Waals surface area contributed by atoms with E-state index in [1.807, 2.05) is 6.07 Å². The number of carbonyl (C=O) groups is 1. The number of amides is 1. The molecule has 0 atom stereocenters. The molecular formula is C16H14Cl3N5O. The maximum atomic E-state index is 12.3. The standard InChI is InChI=1S/C16H14Cl3N5O/c1-9-14(19)15(22-23(9)2)16(25)21-11-6-20-24(8-11)7-10-3-4-12(17)13(18)5-10/h3-6,8H,7H2,1-2H3,(H,21,25). The number of hydrogen-bond donors (Lipinski definition) is 1. The first-order valence-electron chi connectivity index (χ1n) is 7.32. The molecule has 6 nitrogen and oxygen atoms in total. The topological polar surface area (TPSA) is 64.7 Å². The van der Waals surface area contributed by atoms with Crippen molar-refractivity contribution in [1.82, 2.24) is 19.6 Å². The Morgan fingerprint density at radius 1 is 1.24 bits per heavy atom. The second-order valence-corrected chi connectivity index (χ2v) is 6.69. The molecule has 1 amide bonds. The predicted octanol–water partition coefficient (Wildman–Crippen LogP) is 4.19. The zero-order valence-electron chi connectivity index (χ0n) is 13.4. The van der Waals surface area contributed by atoms with E-state index in [1.165, 1.54) is 0 Å². The van der Waals surface area contributed by atoms with Crippen molar-refractivity contribution in [2.45, 2.75) is 13.5 Å². The second kappa shape index (κ2) is 7.07. The van der Waals surface area contributed by atoms with Crippen molar-refractivity contribution >= 4 is 46.4 Å². The monoisotopic (exact) mass is 397 g/mol. The fourth-order valence-electron chi connectivity index (χ4n) is 2.26. The quantitative estimate of drug-likeness (QED) is 0.717. The number of aryl methyl sites for hydroxylation is 1. The van der Waals surface area contributed by atoms with Crippen LogP contribution in [0.25, 0.3) is 0 Å². The molecule has 25 heavy (non-hydrogen) atoms. The minimum atomic E-state index is -0.386. The molecule has 0 spiro atoms. The summed E-state index contributed by atoms with van der Waals surface area (Å²) in [5.41, 5.74) is 2.39. The summed E-state index contributed by atoms with van der Waals surface area (Å²) < 4.78 is 3.24. The fraction of sp³-hybridized carbons (Fsp3) is 0.188. The Hall–Kier alpha value is -2.02. The summed E-state index contributed by atoms with van der Waals surface area (Å²) in [5, 5.41) is 12.4. The fourth-order valence-corrected chi connectivity index (χ4v) is 2.82. The Morgan fingerprint density at radius 2 is 2.00 bits per heavy atom. The highest BCUT2D eigenvalue weighted by Crippen LogP contribution is 2.23. The first-order valence-corrected chi connectivity index (χ1v) is 8.45. The third-order valence-electron chi connectivity index (χ3n) is 3.70. The lowest BCUT2D eigenvalue weighted by atomic mass is 10.2. The molecule has 9 heteroatoms. The van der Waals surface area contributed by atoms with E-state index in [0.717, 1.165) is 11.3 Å². The van der Waals surface area contributed by atoms with Gasteiger partial charge in [-0.2, -0.15) is 10.2 Å². The normalized spacial score (nSPS) is 10.9. The van der Waals surface area contributed by atoms with Crippen LogP contribution in [0.3, 0.4) is 0 Å². The van der Waals surface area contributed by atoms with Crippen LogP contribution in [0.5, 0.6) is 0 Å². The highest BCUT2D eigenvalue weighted by Gasteiger charge is 2.18. The number of rotatable bonds is 4. The van der Waals surface area contributed by atoms with Gasteiger partial charge in [-0.3, -0.25) is 14.2 Å². The summed E-state index contributed by atoms with van der Waals surface area (Å²) in [6.07, 6.45) is 3.27. The summed E-state index contributed by atoms with van der Waals surface area (Å²) in [4.78, 5) is 12.3. The molecule has 0 aliphatic heterocycles. The predicted molar refractivity (Wildman–Crippen MR) is 98.7 cm³/mol.